The first-order chi connectivity index (χ1) is 12.9. The molecule has 3 heterocycles. The van der Waals surface area contributed by atoms with Crippen molar-refractivity contribution in [2.24, 2.45) is 5.41 Å². The second-order valence-corrected chi connectivity index (χ2v) is 7.51. The number of Topliss-reactive ketones (excluding diaryl/α,β-unsaturated/α-hetero) is 1. The van der Waals surface area contributed by atoms with Gasteiger partial charge in [-0.3, -0.25) is 19.3 Å². The summed E-state index contributed by atoms with van der Waals surface area (Å²) in [6.07, 6.45) is 0. The zero-order valence-corrected chi connectivity index (χ0v) is 15.0. The van der Waals surface area contributed by atoms with Gasteiger partial charge in [0.15, 0.2) is 0 Å². The van der Waals surface area contributed by atoms with Crippen LogP contribution in [0.25, 0.3) is 0 Å². The Morgan fingerprint density at radius 3 is 2.63 bits per heavy atom. The number of nitrogens with one attached hydrogen (secondary N) is 1. The molecule has 2 aromatic carbocycles. The van der Waals surface area contributed by atoms with Crippen LogP contribution in [0.15, 0.2) is 48.5 Å². The van der Waals surface area contributed by atoms with Gasteiger partial charge in [-0.05, 0) is 26.1 Å². The molecule has 0 saturated carbocycles. The van der Waals surface area contributed by atoms with Crippen molar-refractivity contribution in [2.75, 3.05) is 18.9 Å². The predicted octanol–water partition coefficient (Wildman–Crippen LogP) is 2.06. The van der Waals surface area contributed by atoms with E-state index in [0.717, 1.165) is 5.56 Å². The number of amides is 1. The standard InChI is InChI=1S/C21H18N2O4/c1-12(24)20-11-23(2)21(14-8-4-5-9-15(14)22-18(21)25)17(20)13-7-3-6-10-16(13)27-19(20)26/h3-10,17H,11H2,1-2H3,(H,22,25)/t17-,20+,21+/m1/s1. The second-order valence-electron chi connectivity index (χ2n) is 7.51. The lowest BCUT2D eigenvalue weighted by Gasteiger charge is -2.41. The van der Waals surface area contributed by atoms with Gasteiger partial charge < -0.3 is 10.1 Å². The van der Waals surface area contributed by atoms with Crippen LogP contribution in [0.2, 0.25) is 0 Å². The maximum Gasteiger partial charge on any atom is 0.327 e. The molecule has 1 amide bonds. The fraction of sp³-hybridized carbons (Fsp3) is 0.286. The highest BCUT2D eigenvalue weighted by molar-refractivity contribution is 6.13. The van der Waals surface area contributed by atoms with Crippen molar-refractivity contribution in [1.82, 2.24) is 4.90 Å². The fourth-order valence-electron chi connectivity index (χ4n) is 5.23. The predicted molar refractivity (Wildman–Crippen MR) is 97.3 cm³/mol. The highest BCUT2D eigenvalue weighted by atomic mass is 16.5. The maximum absolute atomic E-state index is 13.4. The number of nitrogens with zero attached hydrogens (tertiary/aromatic N) is 1. The van der Waals surface area contributed by atoms with Crippen molar-refractivity contribution in [3.63, 3.8) is 0 Å². The number of fused-ring (bicyclic) bond motifs is 6. The van der Waals surface area contributed by atoms with Crippen molar-refractivity contribution in [2.45, 2.75) is 18.4 Å². The number of para-hydroxylation sites is 2. The van der Waals surface area contributed by atoms with E-state index in [9.17, 15) is 14.4 Å². The number of hydrogen-bond donors (Lipinski definition) is 1. The van der Waals surface area contributed by atoms with Gasteiger partial charge in [0.2, 0.25) is 5.91 Å². The van der Waals surface area contributed by atoms with Crippen LogP contribution in [0, 0.1) is 5.41 Å². The van der Waals surface area contributed by atoms with Crippen LogP contribution in [0.3, 0.4) is 0 Å². The number of hydrogen-bond acceptors (Lipinski definition) is 5. The summed E-state index contributed by atoms with van der Waals surface area (Å²) in [6, 6.07) is 14.6. The van der Waals surface area contributed by atoms with Gasteiger partial charge in [-0.25, -0.2) is 0 Å². The molecular formula is C21H18N2O4. The highest BCUT2D eigenvalue weighted by Gasteiger charge is 2.74. The number of ketones is 1. The lowest BCUT2D eigenvalue weighted by molar-refractivity contribution is -0.154. The molecule has 0 aromatic heterocycles. The number of carbonyl (C=O) groups excluding carboxylic acids is 3. The maximum atomic E-state index is 13.4. The van der Waals surface area contributed by atoms with E-state index in [1.807, 2.05) is 41.3 Å². The van der Waals surface area contributed by atoms with E-state index < -0.39 is 22.8 Å². The first-order valence-corrected chi connectivity index (χ1v) is 8.88. The zero-order valence-electron chi connectivity index (χ0n) is 15.0. The largest absolute Gasteiger partial charge is 0.425 e. The number of likely N-dealkylation sites (tertiary alicyclic amines) is 1. The smallest absolute Gasteiger partial charge is 0.327 e. The van der Waals surface area contributed by atoms with Crippen LogP contribution in [-0.2, 0) is 19.9 Å². The number of ether oxygens (including phenoxy) is 1. The fourth-order valence-corrected chi connectivity index (χ4v) is 5.23. The van der Waals surface area contributed by atoms with Gasteiger partial charge in [-0.15, -0.1) is 0 Å². The summed E-state index contributed by atoms with van der Waals surface area (Å²) in [5.74, 6) is -1.33. The molecule has 0 aliphatic carbocycles. The van der Waals surface area contributed by atoms with E-state index in [2.05, 4.69) is 5.32 Å². The van der Waals surface area contributed by atoms with E-state index in [4.69, 9.17) is 4.74 Å². The zero-order chi connectivity index (χ0) is 19.0. The molecule has 1 fully saturated rings. The van der Waals surface area contributed by atoms with Crippen molar-refractivity contribution in [3.8, 4) is 5.75 Å². The highest BCUT2D eigenvalue weighted by Crippen LogP contribution is 2.64. The molecule has 136 valence electrons. The first-order valence-electron chi connectivity index (χ1n) is 8.88. The van der Waals surface area contributed by atoms with E-state index in [-0.39, 0.29) is 18.2 Å². The SMILES string of the molecule is CC(=O)[C@@]12CN(C)[C@]3(C(=O)Nc4ccccc43)[C@@H]1c1ccccc1OC2=O. The van der Waals surface area contributed by atoms with Gasteiger partial charge in [0, 0.05) is 29.3 Å². The van der Waals surface area contributed by atoms with Crippen LogP contribution in [0.4, 0.5) is 5.69 Å². The van der Waals surface area contributed by atoms with Crippen molar-refractivity contribution < 1.29 is 19.1 Å². The summed E-state index contributed by atoms with van der Waals surface area (Å²) in [4.78, 5) is 41.2. The molecule has 0 radical (unpaired) electrons. The molecule has 27 heavy (non-hydrogen) atoms. The molecule has 6 nitrogen and oxygen atoms in total. The number of likely N-dealkylation sites (N-methyl/N-ethyl adjacent to an activating group) is 1. The Bertz CT molecular complexity index is 1030. The molecule has 6 heteroatoms. The molecular weight excluding hydrogens is 344 g/mol. The van der Waals surface area contributed by atoms with Crippen molar-refractivity contribution in [3.05, 3.63) is 59.7 Å². The minimum atomic E-state index is -1.42. The molecule has 1 saturated heterocycles. The summed E-state index contributed by atoms with van der Waals surface area (Å²) in [6.45, 7) is 1.54. The summed E-state index contributed by atoms with van der Waals surface area (Å²) >= 11 is 0. The van der Waals surface area contributed by atoms with Crippen LogP contribution in [0.1, 0.15) is 24.0 Å². The average molecular weight is 362 g/mol. The minimum Gasteiger partial charge on any atom is -0.425 e. The number of rotatable bonds is 1. The first kappa shape index (κ1) is 16.2. The van der Waals surface area contributed by atoms with E-state index >= 15 is 0 Å². The van der Waals surface area contributed by atoms with Gasteiger partial charge >= 0.3 is 5.97 Å². The van der Waals surface area contributed by atoms with Gasteiger partial charge in [-0.2, -0.15) is 0 Å². The van der Waals surface area contributed by atoms with Crippen LogP contribution in [-0.4, -0.2) is 36.2 Å². The molecule has 3 atom stereocenters. The monoisotopic (exact) mass is 362 g/mol. The van der Waals surface area contributed by atoms with E-state index in [1.165, 1.54) is 6.92 Å². The molecule has 5 rings (SSSR count). The number of benzene rings is 2. The average Bonchev–Trinajstić information content (AvgIpc) is 3.10. The second kappa shape index (κ2) is 5.04. The number of esters is 1. The molecule has 3 aliphatic heterocycles. The Labute approximate surface area is 156 Å². The van der Waals surface area contributed by atoms with Gasteiger partial charge in [-0.1, -0.05) is 36.4 Å². The quantitative estimate of drug-likeness (QED) is 0.477. The molecule has 0 bridgehead atoms. The minimum absolute atomic E-state index is 0.127. The Balaban J connectivity index is 1.89. The Morgan fingerprint density at radius 2 is 1.85 bits per heavy atom. The van der Waals surface area contributed by atoms with Gasteiger partial charge in [0.25, 0.3) is 0 Å². The summed E-state index contributed by atoms with van der Waals surface area (Å²) < 4.78 is 5.57. The van der Waals surface area contributed by atoms with Crippen LogP contribution in [0.5, 0.6) is 5.75 Å². The van der Waals surface area contributed by atoms with Crippen LogP contribution >= 0.6 is 0 Å². The topological polar surface area (TPSA) is 75.7 Å². The molecule has 1 N–H and O–H groups in total. The number of carbonyl (C=O) groups is 3. The van der Waals surface area contributed by atoms with Crippen molar-refractivity contribution >= 4 is 23.3 Å². The van der Waals surface area contributed by atoms with E-state index in [1.54, 1.807) is 19.2 Å². The Kier molecular flexibility index (Phi) is 3.03. The molecule has 2 aromatic rings. The molecule has 1 spiro atoms. The Morgan fingerprint density at radius 1 is 1.15 bits per heavy atom. The lowest BCUT2D eigenvalue weighted by Crippen LogP contribution is -2.53. The van der Waals surface area contributed by atoms with Crippen molar-refractivity contribution in [1.29, 1.82) is 0 Å². The molecule has 0 unspecified atom stereocenters. The van der Waals surface area contributed by atoms with Gasteiger partial charge in [0.05, 0.1) is 0 Å². The third-order valence-corrected chi connectivity index (χ3v) is 6.36. The van der Waals surface area contributed by atoms with Crippen LogP contribution < -0.4 is 10.1 Å². The van der Waals surface area contributed by atoms with Gasteiger partial charge in [0.1, 0.15) is 22.5 Å². The summed E-state index contributed by atoms with van der Waals surface area (Å²) in [5, 5.41) is 2.95. The third-order valence-electron chi connectivity index (χ3n) is 6.36. The lowest BCUT2D eigenvalue weighted by atomic mass is 9.62. The molecule has 3 aliphatic rings. The third kappa shape index (κ3) is 1.67. The number of anilines is 1. The summed E-state index contributed by atoms with van der Waals surface area (Å²) in [5.41, 5.74) is -0.348. The normalized spacial score (nSPS) is 31.1. The Hall–Kier alpha value is -2.99. The summed E-state index contributed by atoms with van der Waals surface area (Å²) in [7, 11) is 1.79. The van der Waals surface area contributed by atoms with E-state index in [0.29, 0.717) is 17.0 Å².